The third-order valence-electron chi connectivity index (χ3n) is 2.85. The van der Waals surface area contributed by atoms with E-state index in [1.165, 1.54) is 7.11 Å². The molecule has 0 aromatic heterocycles. The first-order valence-corrected chi connectivity index (χ1v) is 7.31. The highest BCUT2D eigenvalue weighted by Crippen LogP contribution is 2.20. The third kappa shape index (κ3) is 3.93. The molecule has 0 amide bonds. The maximum absolute atomic E-state index is 11.8. The Hall–Kier alpha value is -0.660. The molecule has 7 heteroatoms. The molecule has 6 nitrogen and oxygen atoms in total. The molecule has 0 radical (unpaired) electrons. The van der Waals surface area contributed by atoms with E-state index in [0.29, 0.717) is 32.4 Å². The van der Waals surface area contributed by atoms with Gasteiger partial charge in [-0.15, -0.1) is 0 Å². The molecule has 1 N–H and O–H groups in total. The number of nitrogens with zero attached hydrogens (tertiary/aromatic N) is 1. The zero-order valence-electron chi connectivity index (χ0n) is 9.96. The van der Waals surface area contributed by atoms with Crippen LogP contribution >= 0.6 is 0 Å². The zero-order chi connectivity index (χ0) is 12.9. The monoisotopic (exact) mass is 265 g/mol. The second-order valence-corrected chi connectivity index (χ2v) is 6.16. The van der Waals surface area contributed by atoms with Gasteiger partial charge < -0.3 is 9.84 Å². The van der Waals surface area contributed by atoms with Crippen LogP contribution in [0.1, 0.15) is 25.7 Å². The van der Waals surface area contributed by atoms with Gasteiger partial charge in [0, 0.05) is 20.3 Å². The molecule has 17 heavy (non-hydrogen) atoms. The van der Waals surface area contributed by atoms with Crippen molar-refractivity contribution < 1.29 is 23.1 Å². The van der Waals surface area contributed by atoms with Crippen molar-refractivity contribution in [1.29, 1.82) is 0 Å². The molecular formula is C10H19NO5S. The van der Waals surface area contributed by atoms with Gasteiger partial charge in [-0.3, -0.25) is 4.79 Å². The highest BCUT2D eigenvalue weighted by Gasteiger charge is 2.35. The van der Waals surface area contributed by atoms with Gasteiger partial charge in [0.25, 0.3) is 0 Å². The standard InChI is InChI=1S/C10H19NO5S/c1-16-7-4-5-9(10(12)13)11-6-2-3-8-17(11,14)15/h9H,2-8H2,1H3,(H,12,13). The van der Waals surface area contributed by atoms with E-state index in [1.807, 2.05) is 0 Å². The Morgan fingerprint density at radius 1 is 1.47 bits per heavy atom. The Bertz CT molecular complexity index is 354. The molecule has 0 saturated carbocycles. The molecule has 0 aliphatic carbocycles. The van der Waals surface area contributed by atoms with Crippen LogP contribution in [0, 0.1) is 0 Å². The van der Waals surface area contributed by atoms with Crippen molar-refractivity contribution in [2.24, 2.45) is 0 Å². The lowest BCUT2D eigenvalue weighted by Crippen LogP contribution is -2.48. The largest absolute Gasteiger partial charge is 0.480 e. The normalized spacial score (nSPS) is 22.2. The molecule has 100 valence electrons. The van der Waals surface area contributed by atoms with Crippen LogP contribution < -0.4 is 0 Å². The van der Waals surface area contributed by atoms with Gasteiger partial charge in [-0.25, -0.2) is 8.42 Å². The Morgan fingerprint density at radius 2 is 2.18 bits per heavy atom. The Balaban J connectivity index is 2.71. The average molecular weight is 265 g/mol. The van der Waals surface area contributed by atoms with Crippen LogP contribution in [0.5, 0.6) is 0 Å². The van der Waals surface area contributed by atoms with Crippen molar-refractivity contribution >= 4 is 16.0 Å². The molecule has 0 spiro atoms. The number of carbonyl (C=O) groups is 1. The molecule has 1 unspecified atom stereocenters. The first-order valence-electron chi connectivity index (χ1n) is 5.70. The first kappa shape index (κ1) is 14.4. The van der Waals surface area contributed by atoms with Crippen molar-refractivity contribution in [1.82, 2.24) is 4.31 Å². The van der Waals surface area contributed by atoms with E-state index >= 15 is 0 Å². The number of sulfonamides is 1. The average Bonchev–Trinajstić information content (AvgIpc) is 2.25. The topological polar surface area (TPSA) is 83.9 Å². The second kappa shape index (κ2) is 6.32. The van der Waals surface area contributed by atoms with Crippen LogP contribution in [0.3, 0.4) is 0 Å². The molecular weight excluding hydrogens is 246 g/mol. The lowest BCUT2D eigenvalue weighted by molar-refractivity contribution is -0.141. The Morgan fingerprint density at radius 3 is 2.71 bits per heavy atom. The van der Waals surface area contributed by atoms with Gasteiger partial charge in [0.05, 0.1) is 5.75 Å². The lowest BCUT2D eigenvalue weighted by Gasteiger charge is -2.31. The van der Waals surface area contributed by atoms with Gasteiger partial charge in [-0.05, 0) is 25.7 Å². The molecule has 0 aromatic carbocycles. The number of hydrogen-bond acceptors (Lipinski definition) is 4. The van der Waals surface area contributed by atoms with Gasteiger partial charge in [0.1, 0.15) is 6.04 Å². The predicted octanol–water partition coefficient (Wildman–Crippen LogP) is 0.292. The van der Waals surface area contributed by atoms with Crippen molar-refractivity contribution in [3.8, 4) is 0 Å². The number of carboxylic acids is 1. The molecule has 0 bridgehead atoms. The summed E-state index contributed by atoms with van der Waals surface area (Å²) >= 11 is 0. The van der Waals surface area contributed by atoms with Gasteiger partial charge in [0.15, 0.2) is 0 Å². The summed E-state index contributed by atoms with van der Waals surface area (Å²) in [5, 5.41) is 9.11. The Kier molecular flexibility index (Phi) is 5.35. The third-order valence-corrected chi connectivity index (χ3v) is 4.80. The van der Waals surface area contributed by atoms with Gasteiger partial charge >= 0.3 is 5.97 Å². The molecule has 1 aliphatic rings. The number of aliphatic carboxylic acids is 1. The summed E-state index contributed by atoms with van der Waals surface area (Å²) in [6.45, 7) is 0.754. The molecule has 1 rings (SSSR count). The molecule has 1 atom stereocenters. The number of methoxy groups -OCH3 is 1. The van der Waals surface area contributed by atoms with Crippen LogP contribution in [-0.4, -0.2) is 55.9 Å². The van der Waals surface area contributed by atoms with E-state index < -0.39 is 22.0 Å². The maximum Gasteiger partial charge on any atom is 0.322 e. The number of ether oxygens (including phenoxy) is 1. The summed E-state index contributed by atoms with van der Waals surface area (Å²) in [6.07, 6.45) is 2.18. The van der Waals surface area contributed by atoms with Crippen molar-refractivity contribution in [2.75, 3.05) is 26.0 Å². The minimum Gasteiger partial charge on any atom is -0.480 e. The molecule has 0 aromatic rings. The summed E-state index contributed by atoms with van der Waals surface area (Å²) in [4.78, 5) is 11.1. The van der Waals surface area contributed by atoms with Crippen LogP contribution in [0.4, 0.5) is 0 Å². The SMILES string of the molecule is COCCCC(C(=O)O)N1CCCCS1(=O)=O. The highest BCUT2D eigenvalue weighted by atomic mass is 32.2. The minimum absolute atomic E-state index is 0.0566. The van der Waals surface area contributed by atoms with Gasteiger partial charge in [-0.2, -0.15) is 4.31 Å². The van der Waals surface area contributed by atoms with E-state index in [2.05, 4.69) is 0 Å². The minimum atomic E-state index is -3.39. The van der Waals surface area contributed by atoms with Crippen molar-refractivity contribution in [3.63, 3.8) is 0 Å². The number of rotatable bonds is 6. The first-order chi connectivity index (χ1) is 7.99. The number of hydrogen-bond donors (Lipinski definition) is 1. The summed E-state index contributed by atoms with van der Waals surface area (Å²) in [5.74, 6) is -1.02. The molecule has 1 fully saturated rings. The van der Waals surface area contributed by atoms with E-state index in [1.54, 1.807) is 0 Å². The van der Waals surface area contributed by atoms with Crippen molar-refractivity contribution in [2.45, 2.75) is 31.7 Å². The van der Waals surface area contributed by atoms with E-state index in [4.69, 9.17) is 9.84 Å². The van der Waals surface area contributed by atoms with Crippen LogP contribution in [0.25, 0.3) is 0 Å². The van der Waals surface area contributed by atoms with Crippen LogP contribution in [0.2, 0.25) is 0 Å². The van der Waals surface area contributed by atoms with Gasteiger partial charge in [-0.1, -0.05) is 0 Å². The van der Waals surface area contributed by atoms with Crippen LogP contribution in [0.15, 0.2) is 0 Å². The quantitative estimate of drug-likeness (QED) is 0.698. The zero-order valence-corrected chi connectivity index (χ0v) is 10.8. The van der Waals surface area contributed by atoms with Gasteiger partial charge in [0.2, 0.25) is 10.0 Å². The smallest absolute Gasteiger partial charge is 0.322 e. The Labute approximate surface area is 102 Å². The summed E-state index contributed by atoms with van der Waals surface area (Å²) in [6, 6.07) is -0.949. The van der Waals surface area contributed by atoms with E-state index in [0.717, 1.165) is 10.7 Å². The fraction of sp³-hybridized carbons (Fsp3) is 0.900. The van der Waals surface area contributed by atoms with E-state index in [9.17, 15) is 13.2 Å². The molecule has 1 heterocycles. The predicted molar refractivity (Wildman–Crippen MR) is 62.3 cm³/mol. The molecule has 1 aliphatic heterocycles. The number of carboxylic acid groups (broad SMARTS) is 1. The van der Waals surface area contributed by atoms with Crippen molar-refractivity contribution in [3.05, 3.63) is 0 Å². The fourth-order valence-electron chi connectivity index (χ4n) is 1.97. The summed E-state index contributed by atoms with van der Waals surface area (Å²) in [5.41, 5.74) is 0. The summed E-state index contributed by atoms with van der Waals surface area (Å²) in [7, 11) is -1.86. The van der Waals surface area contributed by atoms with Crippen LogP contribution in [-0.2, 0) is 19.6 Å². The fourth-order valence-corrected chi connectivity index (χ4v) is 3.76. The second-order valence-electron chi connectivity index (χ2n) is 4.12. The maximum atomic E-state index is 11.8. The summed E-state index contributed by atoms with van der Waals surface area (Å²) < 4.78 is 29.6. The molecule has 1 saturated heterocycles. The van der Waals surface area contributed by atoms with E-state index in [-0.39, 0.29) is 5.75 Å². The lowest BCUT2D eigenvalue weighted by atomic mass is 10.1. The highest BCUT2D eigenvalue weighted by molar-refractivity contribution is 7.89.